The lowest BCUT2D eigenvalue weighted by Crippen LogP contribution is -2.32. The molecule has 1 aromatic carbocycles. The van der Waals surface area contributed by atoms with E-state index < -0.39 is 0 Å². The molecule has 0 unspecified atom stereocenters. The van der Waals surface area contributed by atoms with Gasteiger partial charge in [-0.05, 0) is 6.07 Å². The van der Waals surface area contributed by atoms with Gasteiger partial charge in [0.25, 0.3) is 0 Å². The maximum atomic E-state index is 4.06. The van der Waals surface area contributed by atoms with Crippen LogP contribution in [0.25, 0.3) is 15.9 Å². The number of aromatic nitrogens is 3. The van der Waals surface area contributed by atoms with Crippen LogP contribution in [-0.4, -0.2) is 9.97 Å². The van der Waals surface area contributed by atoms with Crippen molar-refractivity contribution in [3.8, 4) is 5.69 Å². The molecule has 0 aliphatic rings. The highest BCUT2D eigenvalue weighted by atomic mass is 32.1. The van der Waals surface area contributed by atoms with Crippen molar-refractivity contribution in [2.45, 2.75) is 6.92 Å². The predicted octanol–water partition coefficient (Wildman–Crippen LogP) is 2.28. The van der Waals surface area contributed by atoms with Crippen LogP contribution in [0.5, 0.6) is 0 Å². The Balaban J connectivity index is 2.35. The van der Waals surface area contributed by atoms with Crippen LogP contribution < -0.4 is 4.57 Å². The summed E-state index contributed by atoms with van der Waals surface area (Å²) in [6.07, 6.45) is 5.21. The van der Waals surface area contributed by atoms with E-state index in [2.05, 4.69) is 45.7 Å². The Bertz CT molecular complexity index is 631. The maximum Gasteiger partial charge on any atom is 0.248 e. The van der Waals surface area contributed by atoms with Gasteiger partial charge in [0.15, 0.2) is 0 Å². The molecule has 0 bridgehead atoms. The van der Waals surface area contributed by atoms with Crippen LogP contribution in [-0.2, 0) is 0 Å². The Morgan fingerprint density at radius 1 is 1.12 bits per heavy atom. The number of benzene rings is 1. The molecule has 0 aliphatic heterocycles. The molecule has 0 spiro atoms. The molecule has 3 rings (SSSR count). The fraction of sp³-hybridized carbons (Fsp3) is 0.0833. The first-order valence-corrected chi connectivity index (χ1v) is 5.83. The molecule has 0 saturated heterocycles. The summed E-state index contributed by atoms with van der Waals surface area (Å²) in [4.78, 5) is 8.12. The van der Waals surface area contributed by atoms with E-state index in [4.69, 9.17) is 0 Å². The van der Waals surface area contributed by atoms with Crippen LogP contribution in [0, 0.1) is 6.92 Å². The lowest BCUT2D eigenvalue weighted by Gasteiger charge is -1.93. The molecule has 0 aliphatic carbocycles. The molecule has 16 heavy (non-hydrogen) atoms. The van der Waals surface area contributed by atoms with Gasteiger partial charge in [-0.15, -0.1) is 4.57 Å². The predicted molar refractivity (Wildman–Crippen MR) is 63.7 cm³/mol. The lowest BCUT2D eigenvalue weighted by molar-refractivity contribution is -0.569. The largest absolute Gasteiger partial charge is 0.248 e. The summed E-state index contributed by atoms with van der Waals surface area (Å²) in [5.74, 6) is 0. The standard InChI is InChI=1S/C12H10N3S/c1-9-15(10-6-13-8-14-7-10)11-4-2-3-5-12(11)16-9/h2-8H,1H3/q+1. The lowest BCUT2D eigenvalue weighted by atomic mass is 10.3. The molecular weight excluding hydrogens is 218 g/mol. The number of nitrogens with zero attached hydrogens (tertiary/aromatic N) is 3. The minimum Gasteiger partial charge on any atom is -0.238 e. The Kier molecular flexibility index (Phi) is 2.15. The highest BCUT2D eigenvalue weighted by Crippen LogP contribution is 2.20. The van der Waals surface area contributed by atoms with E-state index in [1.807, 2.05) is 12.4 Å². The molecule has 0 saturated carbocycles. The van der Waals surface area contributed by atoms with Crippen molar-refractivity contribution < 1.29 is 4.57 Å². The van der Waals surface area contributed by atoms with Crippen LogP contribution in [0.1, 0.15) is 5.01 Å². The van der Waals surface area contributed by atoms with Gasteiger partial charge in [0.1, 0.15) is 23.4 Å². The minimum atomic E-state index is 1.01. The van der Waals surface area contributed by atoms with Gasteiger partial charge in [-0.1, -0.05) is 23.5 Å². The summed E-state index contributed by atoms with van der Waals surface area (Å²) >= 11 is 1.78. The number of fused-ring (bicyclic) bond motifs is 1. The van der Waals surface area contributed by atoms with E-state index in [1.165, 1.54) is 15.2 Å². The molecule has 2 aromatic heterocycles. The number of para-hydroxylation sites is 1. The van der Waals surface area contributed by atoms with Crippen LogP contribution in [0.3, 0.4) is 0 Å². The fourth-order valence-corrected chi connectivity index (χ4v) is 2.85. The zero-order valence-corrected chi connectivity index (χ0v) is 9.61. The van der Waals surface area contributed by atoms with E-state index in [0.717, 1.165) is 5.69 Å². The summed E-state index contributed by atoms with van der Waals surface area (Å²) < 4.78 is 3.46. The monoisotopic (exact) mass is 228 g/mol. The van der Waals surface area contributed by atoms with Crippen LogP contribution in [0.2, 0.25) is 0 Å². The van der Waals surface area contributed by atoms with Crippen molar-refractivity contribution in [1.82, 2.24) is 9.97 Å². The summed E-state index contributed by atoms with van der Waals surface area (Å²) in [5.41, 5.74) is 2.22. The number of aryl methyl sites for hydroxylation is 1. The van der Waals surface area contributed by atoms with Crippen molar-refractivity contribution in [3.05, 3.63) is 48.0 Å². The van der Waals surface area contributed by atoms with E-state index in [9.17, 15) is 0 Å². The Labute approximate surface area is 97.0 Å². The summed E-state index contributed by atoms with van der Waals surface area (Å²) in [6, 6.07) is 8.36. The maximum absolute atomic E-state index is 4.06. The number of rotatable bonds is 1. The molecular formula is C12H10N3S+. The third-order valence-electron chi connectivity index (χ3n) is 2.48. The van der Waals surface area contributed by atoms with E-state index in [0.29, 0.717) is 0 Å². The minimum absolute atomic E-state index is 1.01. The molecule has 3 nitrogen and oxygen atoms in total. The zero-order valence-electron chi connectivity index (χ0n) is 8.79. The summed E-state index contributed by atoms with van der Waals surface area (Å²) in [5, 5.41) is 1.23. The van der Waals surface area contributed by atoms with Crippen molar-refractivity contribution >= 4 is 21.6 Å². The average molecular weight is 228 g/mol. The first-order valence-electron chi connectivity index (χ1n) is 5.02. The quantitative estimate of drug-likeness (QED) is 0.598. The van der Waals surface area contributed by atoms with E-state index >= 15 is 0 Å². The van der Waals surface area contributed by atoms with Crippen molar-refractivity contribution in [2.75, 3.05) is 0 Å². The van der Waals surface area contributed by atoms with Gasteiger partial charge in [-0.2, -0.15) is 0 Å². The van der Waals surface area contributed by atoms with Crippen molar-refractivity contribution in [2.24, 2.45) is 0 Å². The average Bonchev–Trinajstić information content (AvgIpc) is 2.66. The van der Waals surface area contributed by atoms with E-state index in [-0.39, 0.29) is 0 Å². The molecule has 0 atom stereocenters. The van der Waals surface area contributed by atoms with Gasteiger partial charge in [0, 0.05) is 13.0 Å². The molecule has 0 amide bonds. The van der Waals surface area contributed by atoms with Crippen molar-refractivity contribution in [3.63, 3.8) is 0 Å². The van der Waals surface area contributed by atoms with Gasteiger partial charge in [-0.25, -0.2) is 9.97 Å². The van der Waals surface area contributed by atoms with Gasteiger partial charge in [0.05, 0.1) is 0 Å². The highest BCUT2D eigenvalue weighted by Gasteiger charge is 2.19. The second-order valence-corrected chi connectivity index (χ2v) is 4.76. The topological polar surface area (TPSA) is 29.7 Å². The van der Waals surface area contributed by atoms with Gasteiger partial charge < -0.3 is 0 Å². The Morgan fingerprint density at radius 3 is 2.69 bits per heavy atom. The summed E-state index contributed by atoms with van der Waals surface area (Å²) in [6.45, 7) is 2.11. The number of hydrogen-bond donors (Lipinski definition) is 0. The first-order chi connectivity index (χ1) is 7.86. The molecule has 2 heterocycles. The van der Waals surface area contributed by atoms with Crippen LogP contribution >= 0.6 is 11.3 Å². The molecule has 78 valence electrons. The Morgan fingerprint density at radius 2 is 1.88 bits per heavy atom. The van der Waals surface area contributed by atoms with Crippen LogP contribution in [0.15, 0.2) is 43.0 Å². The molecule has 0 radical (unpaired) electrons. The highest BCUT2D eigenvalue weighted by molar-refractivity contribution is 7.18. The smallest absolute Gasteiger partial charge is 0.238 e. The molecule has 4 heteroatoms. The van der Waals surface area contributed by atoms with Crippen molar-refractivity contribution in [1.29, 1.82) is 0 Å². The second-order valence-electron chi connectivity index (χ2n) is 3.52. The molecule has 3 aromatic rings. The molecule has 0 fully saturated rings. The SMILES string of the molecule is Cc1sc2ccccc2[n+]1-c1cncnc1. The van der Waals surface area contributed by atoms with Crippen LogP contribution in [0.4, 0.5) is 0 Å². The van der Waals surface area contributed by atoms with E-state index in [1.54, 1.807) is 17.7 Å². The Hall–Kier alpha value is -1.81. The third-order valence-corrected chi connectivity index (χ3v) is 3.53. The fourth-order valence-electron chi connectivity index (χ4n) is 1.83. The van der Waals surface area contributed by atoms with Gasteiger partial charge in [0.2, 0.25) is 16.2 Å². The molecule has 0 N–H and O–H groups in total. The van der Waals surface area contributed by atoms with Gasteiger partial charge >= 0.3 is 0 Å². The second kappa shape index (κ2) is 3.64. The third kappa shape index (κ3) is 1.39. The normalized spacial score (nSPS) is 10.8. The van der Waals surface area contributed by atoms with Gasteiger partial charge in [-0.3, -0.25) is 0 Å². The number of hydrogen-bond acceptors (Lipinski definition) is 3. The number of thiazole rings is 1. The zero-order chi connectivity index (χ0) is 11.0. The first kappa shape index (κ1) is 9.42. The summed E-state index contributed by atoms with van der Waals surface area (Å²) in [7, 11) is 0.